The number of hydrogen-bond acceptors (Lipinski definition) is 4. The third-order valence-corrected chi connectivity index (χ3v) is 5.21. The van der Waals surface area contributed by atoms with Gasteiger partial charge in [0.05, 0.1) is 10.6 Å². The quantitative estimate of drug-likeness (QED) is 0.445. The molecule has 162 valence electrons. The van der Waals surface area contributed by atoms with Gasteiger partial charge in [0.25, 0.3) is 11.8 Å². The molecule has 0 atom stereocenters. The molecule has 9 heteroatoms. The molecule has 3 aromatic rings. The molecular formula is C23H15Cl3N2O4. The predicted molar refractivity (Wildman–Crippen MR) is 125 cm³/mol. The van der Waals surface area contributed by atoms with Crippen molar-refractivity contribution in [2.75, 3.05) is 12.1 Å². The lowest BCUT2D eigenvalue weighted by molar-refractivity contribution is -0.113. The van der Waals surface area contributed by atoms with Gasteiger partial charge in [-0.3, -0.25) is 9.59 Å². The first-order valence-electron chi connectivity index (χ1n) is 9.34. The summed E-state index contributed by atoms with van der Waals surface area (Å²) in [5, 5.41) is 6.29. The van der Waals surface area contributed by atoms with Crippen molar-refractivity contribution >= 4 is 58.4 Å². The number of nitrogens with one attached hydrogen (secondary N) is 2. The van der Waals surface area contributed by atoms with Gasteiger partial charge in [-0.2, -0.15) is 0 Å². The molecule has 6 nitrogen and oxygen atoms in total. The third kappa shape index (κ3) is 5.16. The summed E-state index contributed by atoms with van der Waals surface area (Å²) in [7, 11) is 0. The van der Waals surface area contributed by atoms with Crippen LogP contribution in [0.4, 0.5) is 5.69 Å². The van der Waals surface area contributed by atoms with Crippen LogP contribution < -0.4 is 20.1 Å². The van der Waals surface area contributed by atoms with E-state index in [0.717, 1.165) is 0 Å². The average Bonchev–Trinajstić information content (AvgIpc) is 3.20. The highest BCUT2D eigenvalue weighted by molar-refractivity contribution is 6.35. The Labute approximate surface area is 198 Å². The lowest BCUT2D eigenvalue weighted by Gasteiger charge is -2.12. The molecule has 0 saturated heterocycles. The third-order valence-electron chi connectivity index (χ3n) is 4.44. The van der Waals surface area contributed by atoms with Gasteiger partial charge in [0.15, 0.2) is 11.5 Å². The number of anilines is 1. The number of halogens is 3. The highest BCUT2D eigenvalue weighted by Crippen LogP contribution is 2.33. The Morgan fingerprint density at radius 1 is 0.875 bits per heavy atom. The second kappa shape index (κ2) is 9.53. The Morgan fingerprint density at radius 2 is 1.59 bits per heavy atom. The van der Waals surface area contributed by atoms with Crippen LogP contribution in [0.2, 0.25) is 15.1 Å². The van der Waals surface area contributed by atoms with Crippen molar-refractivity contribution < 1.29 is 19.1 Å². The normalized spacial score (nSPS) is 12.4. The molecule has 0 unspecified atom stereocenters. The van der Waals surface area contributed by atoms with E-state index in [-0.39, 0.29) is 23.1 Å². The molecule has 0 aliphatic carbocycles. The number of ether oxygens (including phenoxy) is 2. The van der Waals surface area contributed by atoms with Gasteiger partial charge in [0, 0.05) is 15.7 Å². The number of carbonyl (C=O) groups is 2. The molecule has 0 aromatic heterocycles. The molecule has 0 spiro atoms. The minimum atomic E-state index is -0.582. The van der Waals surface area contributed by atoms with Crippen molar-refractivity contribution in [2.45, 2.75) is 0 Å². The van der Waals surface area contributed by atoms with E-state index >= 15 is 0 Å². The fraction of sp³-hybridized carbons (Fsp3) is 0.0435. The number of rotatable bonds is 5. The molecule has 0 saturated carbocycles. The Balaban J connectivity index is 1.66. The highest BCUT2D eigenvalue weighted by atomic mass is 35.5. The second-order valence-electron chi connectivity index (χ2n) is 6.72. The van der Waals surface area contributed by atoms with Gasteiger partial charge in [-0.1, -0.05) is 53.0 Å². The number of fused-ring (bicyclic) bond motifs is 1. The van der Waals surface area contributed by atoms with E-state index in [1.165, 1.54) is 6.08 Å². The largest absolute Gasteiger partial charge is 0.454 e. The van der Waals surface area contributed by atoms with E-state index in [9.17, 15) is 9.59 Å². The lowest BCUT2D eigenvalue weighted by atomic mass is 10.1. The van der Waals surface area contributed by atoms with Crippen LogP contribution in [0.1, 0.15) is 15.9 Å². The molecule has 1 aliphatic heterocycles. The molecule has 2 amide bonds. The van der Waals surface area contributed by atoms with E-state index in [0.29, 0.717) is 32.8 Å². The lowest BCUT2D eigenvalue weighted by Crippen LogP contribution is -2.31. The standard InChI is InChI=1S/C23H15Cl3N2O4/c24-14-9-15(25)11-16(10-14)27-23(30)19(28-22(29)17-3-1-2-4-18(17)26)7-13-5-6-20-21(8-13)32-12-31-20/h1-11H,12H2,(H,27,30)(H,28,29)/b19-7+. The van der Waals surface area contributed by atoms with Crippen molar-refractivity contribution in [3.63, 3.8) is 0 Å². The van der Waals surface area contributed by atoms with Crippen molar-refractivity contribution in [3.05, 3.63) is 92.6 Å². The minimum absolute atomic E-state index is 0.0233. The second-order valence-corrected chi connectivity index (χ2v) is 8.00. The van der Waals surface area contributed by atoms with Crippen molar-refractivity contribution in [2.24, 2.45) is 0 Å². The van der Waals surface area contributed by atoms with Crippen LogP contribution in [0, 0.1) is 0 Å². The van der Waals surface area contributed by atoms with Crippen molar-refractivity contribution in [1.82, 2.24) is 5.32 Å². The first-order valence-corrected chi connectivity index (χ1v) is 10.5. The Morgan fingerprint density at radius 3 is 2.34 bits per heavy atom. The molecule has 3 aromatic carbocycles. The van der Waals surface area contributed by atoms with Gasteiger partial charge in [-0.25, -0.2) is 0 Å². The summed E-state index contributed by atoms with van der Waals surface area (Å²) in [5.41, 5.74) is 1.19. The molecule has 0 radical (unpaired) electrons. The predicted octanol–water partition coefficient (Wildman–Crippen LogP) is 5.79. The van der Waals surface area contributed by atoms with Crippen LogP contribution in [0.15, 0.2) is 66.4 Å². The van der Waals surface area contributed by atoms with E-state index < -0.39 is 11.8 Å². The molecule has 0 bridgehead atoms. The smallest absolute Gasteiger partial charge is 0.272 e. The maximum Gasteiger partial charge on any atom is 0.272 e. The van der Waals surface area contributed by atoms with Crippen molar-refractivity contribution in [1.29, 1.82) is 0 Å². The maximum atomic E-state index is 13.1. The first kappa shape index (κ1) is 22.0. The maximum absolute atomic E-state index is 13.1. The van der Waals surface area contributed by atoms with E-state index in [2.05, 4.69) is 10.6 Å². The number of hydrogen-bond donors (Lipinski definition) is 2. The minimum Gasteiger partial charge on any atom is -0.454 e. The monoisotopic (exact) mass is 488 g/mol. The molecule has 1 heterocycles. The van der Waals surface area contributed by atoms with E-state index in [1.54, 1.807) is 60.7 Å². The summed E-state index contributed by atoms with van der Waals surface area (Å²) in [6.07, 6.45) is 1.51. The summed E-state index contributed by atoms with van der Waals surface area (Å²) in [6.45, 7) is 0.120. The summed E-state index contributed by atoms with van der Waals surface area (Å²) >= 11 is 18.2. The molecule has 32 heavy (non-hydrogen) atoms. The van der Waals surface area contributed by atoms with Crippen LogP contribution in [0.3, 0.4) is 0 Å². The van der Waals surface area contributed by atoms with Gasteiger partial charge in [-0.05, 0) is 54.1 Å². The fourth-order valence-electron chi connectivity index (χ4n) is 2.99. The van der Waals surface area contributed by atoms with E-state index in [4.69, 9.17) is 44.3 Å². The van der Waals surface area contributed by atoms with Gasteiger partial charge in [-0.15, -0.1) is 0 Å². The fourth-order valence-corrected chi connectivity index (χ4v) is 3.74. The van der Waals surface area contributed by atoms with Gasteiger partial charge in [0.1, 0.15) is 5.70 Å². The molecule has 1 aliphatic rings. The summed E-state index contributed by atoms with van der Waals surface area (Å²) in [4.78, 5) is 25.9. The highest BCUT2D eigenvalue weighted by Gasteiger charge is 2.18. The van der Waals surface area contributed by atoms with Crippen LogP contribution in [0.25, 0.3) is 6.08 Å². The van der Waals surface area contributed by atoms with Gasteiger partial charge in [0.2, 0.25) is 6.79 Å². The molecule has 4 rings (SSSR count). The van der Waals surface area contributed by atoms with Crippen LogP contribution in [-0.4, -0.2) is 18.6 Å². The molecule has 2 N–H and O–H groups in total. The average molecular weight is 490 g/mol. The summed E-state index contributed by atoms with van der Waals surface area (Å²) < 4.78 is 10.7. The topological polar surface area (TPSA) is 76.7 Å². The van der Waals surface area contributed by atoms with E-state index in [1.807, 2.05) is 0 Å². The van der Waals surface area contributed by atoms with Crippen LogP contribution >= 0.6 is 34.8 Å². The number of carbonyl (C=O) groups excluding carboxylic acids is 2. The Kier molecular flexibility index (Phi) is 6.55. The number of benzene rings is 3. The zero-order valence-electron chi connectivity index (χ0n) is 16.3. The number of amides is 2. The van der Waals surface area contributed by atoms with Crippen LogP contribution in [-0.2, 0) is 4.79 Å². The molecular weight excluding hydrogens is 475 g/mol. The summed E-state index contributed by atoms with van der Waals surface area (Å²) in [6, 6.07) is 16.3. The van der Waals surface area contributed by atoms with Crippen molar-refractivity contribution in [3.8, 4) is 11.5 Å². The molecule has 0 fully saturated rings. The SMILES string of the molecule is O=C(Nc1cc(Cl)cc(Cl)c1)/C(=C\c1ccc2c(c1)OCO2)NC(=O)c1ccccc1Cl. The van der Waals surface area contributed by atoms with Gasteiger partial charge < -0.3 is 20.1 Å². The first-order chi connectivity index (χ1) is 15.4. The van der Waals surface area contributed by atoms with Gasteiger partial charge >= 0.3 is 0 Å². The zero-order valence-corrected chi connectivity index (χ0v) is 18.6. The Bertz CT molecular complexity index is 1220. The Hall–Kier alpha value is -3.19. The van der Waals surface area contributed by atoms with Crippen LogP contribution in [0.5, 0.6) is 11.5 Å². The zero-order chi connectivity index (χ0) is 22.7. The summed E-state index contributed by atoms with van der Waals surface area (Å²) in [5.74, 6) is 0.0164.